The molecular weight excluding hydrogens is 174 g/mol. The summed E-state index contributed by atoms with van der Waals surface area (Å²) in [5, 5.41) is 0. The van der Waals surface area contributed by atoms with Crippen molar-refractivity contribution in [3.8, 4) is 0 Å². The van der Waals surface area contributed by atoms with Gasteiger partial charge in [0.15, 0.2) is 5.82 Å². The van der Waals surface area contributed by atoms with E-state index in [1.165, 1.54) is 6.07 Å². The summed E-state index contributed by atoms with van der Waals surface area (Å²) in [4.78, 5) is 0. The number of nitrogens with two attached hydrogens (primary N) is 2. The summed E-state index contributed by atoms with van der Waals surface area (Å²) in [6.07, 6.45) is 1.21. The second-order valence-electron chi connectivity index (χ2n) is 3.30. The number of hydrogen-bond acceptors (Lipinski definition) is 2. The number of anilines is 1. The summed E-state index contributed by atoms with van der Waals surface area (Å²) in [5.41, 5.74) is 11.5. The third-order valence-corrected chi connectivity index (χ3v) is 2.49. The first-order chi connectivity index (χ1) is 6.11. The topological polar surface area (TPSA) is 52.0 Å². The van der Waals surface area contributed by atoms with Gasteiger partial charge in [-0.1, -0.05) is 0 Å². The average Bonchev–Trinajstić information content (AvgIpc) is 2.45. The molecular formula is C9H10F2N2. The summed E-state index contributed by atoms with van der Waals surface area (Å²) in [7, 11) is 0. The van der Waals surface area contributed by atoms with E-state index in [2.05, 4.69) is 0 Å². The molecule has 0 fully saturated rings. The maximum Gasteiger partial charge on any atom is 0.152 e. The SMILES string of the molecule is Nc1c(F)cc2c(c1F)CC[C@H]2N. The van der Waals surface area contributed by atoms with Crippen molar-refractivity contribution in [1.29, 1.82) is 0 Å². The summed E-state index contributed by atoms with van der Waals surface area (Å²) in [6.45, 7) is 0. The summed E-state index contributed by atoms with van der Waals surface area (Å²) >= 11 is 0. The van der Waals surface area contributed by atoms with Gasteiger partial charge in [-0.25, -0.2) is 8.78 Å². The molecule has 0 spiro atoms. The van der Waals surface area contributed by atoms with Crippen LogP contribution in [0.5, 0.6) is 0 Å². The van der Waals surface area contributed by atoms with Crippen LogP contribution in [0.3, 0.4) is 0 Å². The van der Waals surface area contributed by atoms with E-state index >= 15 is 0 Å². The van der Waals surface area contributed by atoms with Crippen LogP contribution in [-0.4, -0.2) is 0 Å². The van der Waals surface area contributed by atoms with Crippen molar-refractivity contribution in [3.05, 3.63) is 28.8 Å². The molecule has 0 bridgehead atoms. The van der Waals surface area contributed by atoms with Crippen LogP contribution in [0.1, 0.15) is 23.6 Å². The van der Waals surface area contributed by atoms with Crippen LogP contribution in [0, 0.1) is 11.6 Å². The third-order valence-electron chi connectivity index (χ3n) is 2.49. The Bertz CT molecular complexity index is 363. The molecule has 0 aliphatic heterocycles. The first-order valence-corrected chi connectivity index (χ1v) is 4.13. The van der Waals surface area contributed by atoms with Crippen LogP contribution in [0.15, 0.2) is 6.07 Å². The Kier molecular flexibility index (Phi) is 1.73. The van der Waals surface area contributed by atoms with Gasteiger partial charge in [0.2, 0.25) is 0 Å². The molecule has 1 aliphatic rings. The van der Waals surface area contributed by atoms with Gasteiger partial charge in [-0.15, -0.1) is 0 Å². The summed E-state index contributed by atoms with van der Waals surface area (Å²) in [5.74, 6) is -1.35. The minimum atomic E-state index is -0.714. The van der Waals surface area contributed by atoms with Gasteiger partial charge in [0.1, 0.15) is 11.5 Å². The van der Waals surface area contributed by atoms with Crippen molar-refractivity contribution in [1.82, 2.24) is 0 Å². The van der Waals surface area contributed by atoms with Crippen LogP contribution in [0.25, 0.3) is 0 Å². The maximum atomic E-state index is 13.3. The zero-order valence-corrected chi connectivity index (χ0v) is 6.98. The Morgan fingerprint density at radius 3 is 2.77 bits per heavy atom. The Labute approximate surface area is 74.5 Å². The van der Waals surface area contributed by atoms with E-state index in [0.29, 0.717) is 24.0 Å². The lowest BCUT2D eigenvalue weighted by molar-refractivity contribution is 0.582. The number of nitrogen functional groups attached to an aromatic ring is 1. The molecule has 2 rings (SSSR count). The standard InChI is InChI=1S/C9H10F2N2/c10-6-3-5-4(1-2-7(5)12)8(11)9(6)13/h3,7H,1-2,12-13H2/t7-/m1/s1. The fourth-order valence-electron chi connectivity index (χ4n) is 1.74. The largest absolute Gasteiger partial charge is 0.394 e. The number of benzene rings is 1. The number of hydrogen-bond donors (Lipinski definition) is 2. The minimum Gasteiger partial charge on any atom is -0.394 e. The van der Waals surface area contributed by atoms with Crippen LogP contribution >= 0.6 is 0 Å². The Hall–Kier alpha value is -1.16. The molecule has 0 unspecified atom stereocenters. The lowest BCUT2D eigenvalue weighted by atomic mass is 10.1. The molecule has 0 amide bonds. The third kappa shape index (κ3) is 1.09. The van der Waals surface area contributed by atoms with Crippen molar-refractivity contribution >= 4 is 5.69 Å². The molecule has 0 heterocycles. The summed E-state index contributed by atoms with van der Waals surface area (Å²) < 4.78 is 26.3. The monoisotopic (exact) mass is 184 g/mol. The highest BCUT2D eigenvalue weighted by Crippen LogP contribution is 2.34. The molecule has 1 aromatic rings. The Morgan fingerprint density at radius 1 is 1.38 bits per heavy atom. The Balaban J connectivity index is 2.67. The van der Waals surface area contributed by atoms with E-state index in [9.17, 15) is 8.78 Å². The lowest BCUT2D eigenvalue weighted by Crippen LogP contribution is -2.07. The second-order valence-corrected chi connectivity index (χ2v) is 3.30. The average molecular weight is 184 g/mol. The molecule has 2 nitrogen and oxygen atoms in total. The quantitative estimate of drug-likeness (QED) is 0.600. The van der Waals surface area contributed by atoms with Gasteiger partial charge in [-0.2, -0.15) is 0 Å². The molecule has 70 valence electrons. The van der Waals surface area contributed by atoms with Crippen LogP contribution < -0.4 is 11.5 Å². The van der Waals surface area contributed by atoms with Crippen LogP contribution in [0.4, 0.5) is 14.5 Å². The lowest BCUT2D eigenvalue weighted by Gasteiger charge is -2.07. The van der Waals surface area contributed by atoms with E-state index in [-0.39, 0.29) is 6.04 Å². The van der Waals surface area contributed by atoms with Crippen molar-refractivity contribution in [2.45, 2.75) is 18.9 Å². The Morgan fingerprint density at radius 2 is 2.08 bits per heavy atom. The van der Waals surface area contributed by atoms with E-state index in [1.54, 1.807) is 0 Å². The van der Waals surface area contributed by atoms with Gasteiger partial charge >= 0.3 is 0 Å². The highest BCUT2D eigenvalue weighted by atomic mass is 19.1. The first kappa shape index (κ1) is 8.44. The van der Waals surface area contributed by atoms with Gasteiger partial charge in [0.05, 0.1) is 0 Å². The first-order valence-electron chi connectivity index (χ1n) is 4.13. The predicted octanol–water partition coefficient (Wildman–Crippen LogP) is 1.49. The molecule has 0 radical (unpaired) electrons. The van der Waals surface area contributed by atoms with Gasteiger partial charge in [-0.3, -0.25) is 0 Å². The van der Waals surface area contributed by atoms with Gasteiger partial charge in [0.25, 0.3) is 0 Å². The molecule has 1 aromatic carbocycles. The smallest absolute Gasteiger partial charge is 0.152 e. The molecule has 1 aliphatic carbocycles. The van der Waals surface area contributed by atoms with Gasteiger partial charge in [-0.05, 0) is 30.0 Å². The fraction of sp³-hybridized carbons (Fsp3) is 0.333. The van der Waals surface area contributed by atoms with Crippen LogP contribution in [-0.2, 0) is 6.42 Å². The zero-order chi connectivity index (χ0) is 9.59. The highest BCUT2D eigenvalue weighted by molar-refractivity contribution is 5.50. The molecule has 0 aromatic heterocycles. The fourth-order valence-corrected chi connectivity index (χ4v) is 1.74. The summed E-state index contributed by atoms with van der Waals surface area (Å²) in [6, 6.07) is 0.991. The van der Waals surface area contributed by atoms with E-state index in [4.69, 9.17) is 11.5 Å². The number of fused-ring (bicyclic) bond motifs is 1. The van der Waals surface area contributed by atoms with Gasteiger partial charge < -0.3 is 11.5 Å². The molecule has 4 N–H and O–H groups in total. The van der Waals surface area contributed by atoms with Crippen molar-refractivity contribution in [2.75, 3.05) is 5.73 Å². The molecule has 4 heteroatoms. The molecule has 0 saturated carbocycles. The number of rotatable bonds is 0. The second kappa shape index (κ2) is 2.67. The van der Waals surface area contributed by atoms with Crippen molar-refractivity contribution in [2.24, 2.45) is 5.73 Å². The zero-order valence-electron chi connectivity index (χ0n) is 6.98. The highest BCUT2D eigenvalue weighted by Gasteiger charge is 2.25. The van der Waals surface area contributed by atoms with E-state index in [1.807, 2.05) is 0 Å². The normalized spacial score (nSPS) is 20.4. The van der Waals surface area contributed by atoms with E-state index in [0.717, 1.165) is 0 Å². The van der Waals surface area contributed by atoms with Crippen LogP contribution in [0.2, 0.25) is 0 Å². The van der Waals surface area contributed by atoms with Crippen molar-refractivity contribution < 1.29 is 8.78 Å². The predicted molar refractivity (Wildman–Crippen MR) is 46.0 cm³/mol. The maximum absolute atomic E-state index is 13.3. The molecule has 1 atom stereocenters. The van der Waals surface area contributed by atoms with E-state index < -0.39 is 17.3 Å². The number of halogens is 2. The molecule has 0 saturated heterocycles. The van der Waals surface area contributed by atoms with Gasteiger partial charge in [0, 0.05) is 6.04 Å². The minimum absolute atomic E-state index is 0.250. The molecule has 13 heavy (non-hydrogen) atoms. The van der Waals surface area contributed by atoms with Crippen molar-refractivity contribution in [3.63, 3.8) is 0 Å².